The minimum Gasteiger partial charge on any atom is -0.507 e. The van der Waals surface area contributed by atoms with Gasteiger partial charge in [0.2, 0.25) is 11.6 Å². The largest absolute Gasteiger partial charge is 0.507 e. The van der Waals surface area contributed by atoms with Crippen LogP contribution in [0.25, 0.3) is 0 Å². The summed E-state index contributed by atoms with van der Waals surface area (Å²) in [6, 6.07) is 6.52. The summed E-state index contributed by atoms with van der Waals surface area (Å²) >= 11 is 0. The van der Waals surface area contributed by atoms with Crippen LogP contribution in [0.5, 0.6) is 11.5 Å². The Morgan fingerprint density at radius 3 is 0.942 bits per heavy atom. The van der Waals surface area contributed by atoms with Gasteiger partial charge in [-0.1, -0.05) is 107 Å². The summed E-state index contributed by atoms with van der Waals surface area (Å²) < 4.78 is 9.92. The Kier molecular flexibility index (Phi) is 11.6. The van der Waals surface area contributed by atoms with Crippen LogP contribution in [-0.2, 0) is 50.3 Å². The van der Waals surface area contributed by atoms with Gasteiger partial charge in [-0.3, -0.25) is 19.2 Å². The number of carbonyl (C=O) groups excluding carboxylic acids is 4. The second-order valence-corrected chi connectivity index (χ2v) is 17.8. The normalized spacial score (nSPS) is 15.9. The summed E-state index contributed by atoms with van der Waals surface area (Å²) in [7, 11) is 2.34. The highest BCUT2D eigenvalue weighted by atomic mass is 16.5. The lowest BCUT2D eigenvalue weighted by Crippen LogP contribution is -2.32. The average molecular weight is 721 g/mol. The number of Topliss-reactive ketones (excluding diaryl/α,β-unsaturated/α-hetero) is 2. The molecule has 10 nitrogen and oxygen atoms in total. The van der Waals surface area contributed by atoms with E-state index in [0.717, 1.165) is 0 Å². The number of hydrogen-bond acceptors (Lipinski definition) is 10. The molecule has 0 heterocycles. The molecular weight excluding hydrogens is 664 g/mol. The first-order chi connectivity index (χ1) is 23.6. The maximum atomic E-state index is 14.4. The second kappa shape index (κ2) is 14.4. The molecule has 10 heteroatoms. The molecule has 0 saturated heterocycles. The third-order valence-electron chi connectivity index (χ3n) is 9.62. The number of carbonyl (C=O) groups is 4. The lowest BCUT2D eigenvalue weighted by atomic mass is 9.72. The summed E-state index contributed by atoms with van der Waals surface area (Å²) in [5, 5.41) is 46.2. The van der Waals surface area contributed by atoms with E-state index in [1.807, 2.05) is 83.1 Å². The van der Waals surface area contributed by atoms with E-state index in [9.17, 15) is 39.6 Å². The molecule has 0 aromatic heterocycles. The van der Waals surface area contributed by atoms with Crippen LogP contribution in [0, 0.1) is 0 Å². The van der Waals surface area contributed by atoms with E-state index in [2.05, 4.69) is 0 Å². The number of phenolic OH excluding ortho intramolecular Hbond substituents is 2. The van der Waals surface area contributed by atoms with Gasteiger partial charge in [0.1, 0.15) is 11.5 Å². The van der Waals surface area contributed by atoms with Gasteiger partial charge in [-0.15, -0.1) is 0 Å². The number of phenols is 2. The standard InChI is InChI=1S/C42H56O10/c1-39(2,3)25-15-21(16-26(33(25)45)40(4,5)6)23(19-29(43)51-13)31-35(47)37(49)32(38(50)36(31)48)24(20-30(44)52-14)22-17-27(41(7,8)9)34(46)28(18-22)42(10,11)12/h15-18,23-24,45-47,50H,19-20H2,1-14H3/t23-,24+. The Balaban J connectivity index is 2.42. The van der Waals surface area contributed by atoms with Crippen molar-refractivity contribution in [3.8, 4) is 11.5 Å². The van der Waals surface area contributed by atoms with E-state index >= 15 is 0 Å². The number of ketones is 2. The molecule has 0 spiro atoms. The molecule has 4 N–H and O–H groups in total. The Morgan fingerprint density at radius 2 is 0.750 bits per heavy atom. The van der Waals surface area contributed by atoms with Gasteiger partial charge in [-0.05, 0) is 55.0 Å². The fraction of sp³-hybridized carbons (Fsp3) is 0.524. The second-order valence-electron chi connectivity index (χ2n) is 17.8. The van der Waals surface area contributed by atoms with Gasteiger partial charge in [-0.2, -0.15) is 0 Å². The molecule has 2 aromatic carbocycles. The number of benzene rings is 2. The predicted molar refractivity (Wildman–Crippen MR) is 199 cm³/mol. The van der Waals surface area contributed by atoms with Crippen molar-refractivity contribution in [2.45, 2.75) is 129 Å². The number of ether oxygens (including phenoxy) is 2. The molecule has 0 bridgehead atoms. The van der Waals surface area contributed by atoms with E-state index in [-0.39, 0.29) is 11.5 Å². The molecule has 1 aliphatic rings. The fourth-order valence-electron chi connectivity index (χ4n) is 6.64. The lowest BCUT2D eigenvalue weighted by molar-refractivity contribution is -0.142. The van der Waals surface area contributed by atoms with Gasteiger partial charge in [-0.25, -0.2) is 0 Å². The number of aliphatic hydroxyl groups is 2. The molecule has 0 saturated carbocycles. The van der Waals surface area contributed by atoms with Crippen LogP contribution in [-0.4, -0.2) is 58.2 Å². The molecule has 0 radical (unpaired) electrons. The molecule has 3 rings (SSSR count). The molecule has 0 unspecified atom stereocenters. The summed E-state index contributed by atoms with van der Waals surface area (Å²) in [4.78, 5) is 54.5. The van der Waals surface area contributed by atoms with Crippen molar-refractivity contribution >= 4 is 23.5 Å². The first-order valence-corrected chi connectivity index (χ1v) is 17.4. The van der Waals surface area contributed by atoms with Crippen molar-refractivity contribution in [1.82, 2.24) is 0 Å². The van der Waals surface area contributed by atoms with E-state index < -0.39 is 92.5 Å². The highest BCUT2D eigenvalue weighted by Crippen LogP contribution is 2.47. The zero-order chi connectivity index (χ0) is 40.0. The van der Waals surface area contributed by atoms with Crippen molar-refractivity contribution in [2.75, 3.05) is 14.2 Å². The highest BCUT2D eigenvalue weighted by molar-refractivity contribution is 6.24. The van der Waals surface area contributed by atoms with E-state index in [4.69, 9.17) is 9.47 Å². The minimum atomic E-state index is -1.27. The van der Waals surface area contributed by atoms with E-state index in [0.29, 0.717) is 33.4 Å². The Hall–Kier alpha value is -4.60. The SMILES string of the molecule is COC(=O)C[C@H](C1=C(O)C(=O)C([C@H](CC(=O)OC)c2cc(C(C)(C)C)c(O)c(C(C)(C)C)c2)=C(O)C1=O)c1cc(C(C)(C)C)c(O)c(C(C)(C)C)c1. The van der Waals surface area contributed by atoms with Gasteiger partial charge in [0.05, 0.1) is 38.2 Å². The number of hydrogen-bond donors (Lipinski definition) is 4. The molecule has 52 heavy (non-hydrogen) atoms. The van der Waals surface area contributed by atoms with Gasteiger partial charge in [0.25, 0.3) is 0 Å². The van der Waals surface area contributed by atoms with Crippen LogP contribution in [0.15, 0.2) is 46.9 Å². The molecular formula is C42H56O10. The third kappa shape index (κ3) is 8.37. The number of methoxy groups -OCH3 is 2. The third-order valence-corrected chi connectivity index (χ3v) is 9.62. The Bertz CT molecular complexity index is 1640. The summed E-state index contributed by atoms with van der Waals surface area (Å²) in [6.07, 6.45) is -0.966. The van der Waals surface area contributed by atoms with Crippen LogP contribution in [0.1, 0.15) is 141 Å². The molecule has 0 amide bonds. The van der Waals surface area contributed by atoms with Crippen LogP contribution in [0.4, 0.5) is 0 Å². The number of allylic oxidation sites excluding steroid dienone is 2. The van der Waals surface area contributed by atoms with Crippen LogP contribution in [0.2, 0.25) is 0 Å². The first-order valence-electron chi connectivity index (χ1n) is 17.4. The smallest absolute Gasteiger partial charge is 0.306 e. The highest BCUT2D eigenvalue weighted by Gasteiger charge is 2.44. The summed E-state index contributed by atoms with van der Waals surface area (Å²) in [6.45, 7) is 22.7. The van der Waals surface area contributed by atoms with Gasteiger partial charge >= 0.3 is 11.9 Å². The molecule has 284 valence electrons. The molecule has 0 fully saturated rings. The quantitative estimate of drug-likeness (QED) is 0.155. The maximum Gasteiger partial charge on any atom is 0.306 e. The van der Waals surface area contributed by atoms with Crippen molar-refractivity contribution in [1.29, 1.82) is 0 Å². The van der Waals surface area contributed by atoms with Crippen LogP contribution in [0.3, 0.4) is 0 Å². The van der Waals surface area contributed by atoms with Crippen molar-refractivity contribution in [3.05, 3.63) is 80.3 Å². The number of aromatic hydroxyl groups is 2. The van der Waals surface area contributed by atoms with Crippen LogP contribution < -0.4 is 0 Å². The summed E-state index contributed by atoms with van der Waals surface area (Å²) in [5.41, 5.74) is -0.723. The summed E-state index contributed by atoms with van der Waals surface area (Å²) in [5.74, 6) is -8.16. The monoisotopic (exact) mass is 720 g/mol. The fourth-order valence-corrected chi connectivity index (χ4v) is 6.64. The topological polar surface area (TPSA) is 168 Å². The van der Waals surface area contributed by atoms with Gasteiger partial charge < -0.3 is 29.9 Å². The van der Waals surface area contributed by atoms with Crippen molar-refractivity contribution in [2.24, 2.45) is 0 Å². The molecule has 2 aromatic rings. The first kappa shape index (κ1) is 41.8. The number of esters is 2. The predicted octanol–water partition coefficient (Wildman–Crippen LogP) is 8.06. The number of rotatable bonds is 8. The zero-order valence-electron chi connectivity index (χ0n) is 33.1. The average Bonchev–Trinajstić information content (AvgIpc) is 3.00. The molecule has 0 aliphatic heterocycles. The minimum absolute atomic E-state index is 0.0404. The molecule has 2 atom stereocenters. The van der Waals surface area contributed by atoms with Crippen LogP contribution >= 0.6 is 0 Å². The molecule has 1 aliphatic carbocycles. The lowest BCUT2D eigenvalue weighted by Gasteiger charge is -2.32. The van der Waals surface area contributed by atoms with E-state index in [1.54, 1.807) is 24.3 Å². The van der Waals surface area contributed by atoms with E-state index in [1.165, 1.54) is 14.2 Å². The Labute approximate surface area is 307 Å². The number of aliphatic hydroxyl groups excluding tert-OH is 2. The van der Waals surface area contributed by atoms with Crippen molar-refractivity contribution in [3.63, 3.8) is 0 Å². The van der Waals surface area contributed by atoms with Gasteiger partial charge in [0.15, 0.2) is 11.5 Å². The van der Waals surface area contributed by atoms with Gasteiger partial charge in [0, 0.05) is 11.8 Å². The van der Waals surface area contributed by atoms with Crippen molar-refractivity contribution < 1.29 is 49.1 Å². The zero-order valence-corrected chi connectivity index (χ0v) is 33.1. The maximum absolute atomic E-state index is 14.4. The Morgan fingerprint density at radius 1 is 0.519 bits per heavy atom.